The summed E-state index contributed by atoms with van der Waals surface area (Å²) in [5.74, 6) is 0. The maximum Gasteiger partial charge on any atom is 0.0720 e. The Balaban J connectivity index is 1.49. The molecule has 0 radical (unpaired) electrons. The number of hydrogen-bond donors (Lipinski definition) is 0. The zero-order valence-electron chi connectivity index (χ0n) is 22.9. The second-order valence-corrected chi connectivity index (χ2v) is 10.6. The van der Waals surface area contributed by atoms with Crippen molar-refractivity contribution < 1.29 is 0 Å². The SMILES string of the molecule is c1ccc(-c2ccnc(-c3c4ccccc4c(-c4cc(-c5ccccc5)ccn4)c4c3ccc3ccccc34)c2)cc1. The summed E-state index contributed by atoms with van der Waals surface area (Å²) in [6.45, 7) is 0. The van der Waals surface area contributed by atoms with Crippen LogP contribution in [0.3, 0.4) is 0 Å². The second kappa shape index (κ2) is 10.1. The van der Waals surface area contributed by atoms with Gasteiger partial charge in [-0.15, -0.1) is 0 Å². The van der Waals surface area contributed by atoms with Gasteiger partial charge in [-0.25, -0.2) is 0 Å². The van der Waals surface area contributed by atoms with E-state index in [1.165, 1.54) is 43.4 Å². The summed E-state index contributed by atoms with van der Waals surface area (Å²) >= 11 is 0. The molecule has 0 aliphatic heterocycles. The Hall–Kier alpha value is -5.60. The van der Waals surface area contributed by atoms with Gasteiger partial charge in [-0.1, -0.05) is 121 Å². The minimum Gasteiger partial charge on any atom is -0.256 e. The van der Waals surface area contributed by atoms with Gasteiger partial charge in [-0.2, -0.15) is 0 Å². The number of hydrogen-bond acceptors (Lipinski definition) is 2. The van der Waals surface area contributed by atoms with Gasteiger partial charge in [0, 0.05) is 28.9 Å². The van der Waals surface area contributed by atoms with Gasteiger partial charge in [0.1, 0.15) is 0 Å². The Morgan fingerprint density at radius 3 is 1.45 bits per heavy atom. The minimum atomic E-state index is 0.963. The standard InChI is InChI=1S/C40H26N2/c1-3-11-27(12-4-1)30-21-23-41-36(25-30)38-33-17-9-10-18-34(33)40(39-32-16-8-7-15-29(32)19-20-35(38)39)37-26-31(22-24-42-37)28-13-5-2-6-14-28/h1-26H. The lowest BCUT2D eigenvalue weighted by molar-refractivity contribution is 1.33. The van der Waals surface area contributed by atoms with Gasteiger partial charge in [0.05, 0.1) is 11.4 Å². The van der Waals surface area contributed by atoms with E-state index in [9.17, 15) is 0 Å². The molecule has 2 aromatic heterocycles. The Kier molecular flexibility index (Phi) is 5.82. The monoisotopic (exact) mass is 534 g/mol. The van der Waals surface area contributed by atoms with Gasteiger partial charge in [0.15, 0.2) is 0 Å². The first-order valence-electron chi connectivity index (χ1n) is 14.2. The van der Waals surface area contributed by atoms with E-state index in [1.54, 1.807) is 0 Å². The summed E-state index contributed by atoms with van der Waals surface area (Å²) in [6.07, 6.45) is 3.86. The van der Waals surface area contributed by atoms with Crippen molar-refractivity contribution in [3.63, 3.8) is 0 Å². The largest absolute Gasteiger partial charge is 0.256 e. The number of benzene rings is 6. The predicted molar refractivity (Wildman–Crippen MR) is 176 cm³/mol. The summed E-state index contributed by atoms with van der Waals surface area (Å²) in [4.78, 5) is 9.94. The topological polar surface area (TPSA) is 25.8 Å². The van der Waals surface area contributed by atoms with Crippen LogP contribution in [-0.4, -0.2) is 9.97 Å². The molecule has 0 bridgehead atoms. The highest BCUT2D eigenvalue weighted by Gasteiger charge is 2.20. The summed E-state index contributed by atoms with van der Waals surface area (Å²) in [7, 11) is 0. The molecule has 2 heterocycles. The molecule has 0 unspecified atom stereocenters. The third kappa shape index (κ3) is 4.05. The van der Waals surface area contributed by atoms with Crippen LogP contribution in [0.4, 0.5) is 0 Å². The van der Waals surface area contributed by atoms with E-state index in [0.29, 0.717) is 0 Å². The van der Waals surface area contributed by atoms with Crippen molar-refractivity contribution in [2.24, 2.45) is 0 Å². The van der Waals surface area contributed by atoms with Crippen molar-refractivity contribution in [2.75, 3.05) is 0 Å². The van der Waals surface area contributed by atoms with E-state index < -0.39 is 0 Å². The Bertz CT molecular complexity index is 2240. The summed E-state index contributed by atoms with van der Waals surface area (Å²) in [5.41, 5.74) is 8.89. The molecule has 0 N–H and O–H groups in total. The lowest BCUT2D eigenvalue weighted by Crippen LogP contribution is -1.95. The Labute approximate surface area is 244 Å². The summed E-state index contributed by atoms with van der Waals surface area (Å²) in [5, 5.41) is 7.13. The van der Waals surface area contributed by atoms with Crippen LogP contribution in [0, 0.1) is 0 Å². The van der Waals surface area contributed by atoms with Crippen molar-refractivity contribution in [3.8, 4) is 44.8 Å². The predicted octanol–water partition coefficient (Wildman–Crippen LogP) is 10.6. The number of fused-ring (bicyclic) bond motifs is 4. The number of pyridine rings is 2. The van der Waals surface area contributed by atoms with Crippen molar-refractivity contribution in [2.45, 2.75) is 0 Å². The molecule has 6 aromatic carbocycles. The first-order chi connectivity index (χ1) is 20.8. The van der Waals surface area contributed by atoms with Crippen molar-refractivity contribution in [3.05, 3.63) is 158 Å². The van der Waals surface area contributed by atoms with Crippen LogP contribution < -0.4 is 0 Å². The van der Waals surface area contributed by atoms with Crippen LogP contribution in [0.5, 0.6) is 0 Å². The van der Waals surface area contributed by atoms with Crippen molar-refractivity contribution in [1.82, 2.24) is 9.97 Å². The number of aromatic nitrogens is 2. The molecule has 42 heavy (non-hydrogen) atoms. The lowest BCUT2D eigenvalue weighted by Gasteiger charge is -2.19. The van der Waals surface area contributed by atoms with E-state index in [1.807, 2.05) is 12.4 Å². The smallest absolute Gasteiger partial charge is 0.0720 e. The number of rotatable bonds is 4. The highest BCUT2D eigenvalue weighted by Crippen LogP contribution is 2.46. The molecular formula is C40H26N2. The van der Waals surface area contributed by atoms with Gasteiger partial charge < -0.3 is 0 Å². The molecular weight excluding hydrogens is 508 g/mol. The normalized spacial score (nSPS) is 11.3. The average molecular weight is 535 g/mol. The molecule has 0 aliphatic carbocycles. The molecule has 8 rings (SSSR count). The first-order valence-corrected chi connectivity index (χ1v) is 14.2. The van der Waals surface area contributed by atoms with E-state index >= 15 is 0 Å². The van der Waals surface area contributed by atoms with Gasteiger partial charge in [0.2, 0.25) is 0 Å². The van der Waals surface area contributed by atoms with E-state index in [0.717, 1.165) is 33.6 Å². The molecule has 8 aromatic rings. The molecule has 196 valence electrons. The Morgan fingerprint density at radius 2 is 0.833 bits per heavy atom. The summed E-state index contributed by atoms with van der Waals surface area (Å²) in [6, 6.07) is 51.5. The fraction of sp³-hybridized carbons (Fsp3) is 0. The van der Waals surface area contributed by atoms with Crippen LogP contribution in [0.15, 0.2) is 158 Å². The Morgan fingerprint density at radius 1 is 0.333 bits per heavy atom. The molecule has 0 saturated heterocycles. The van der Waals surface area contributed by atoms with Gasteiger partial charge in [-0.05, 0) is 73.5 Å². The lowest BCUT2D eigenvalue weighted by atomic mass is 9.85. The molecule has 0 aliphatic rings. The third-order valence-electron chi connectivity index (χ3n) is 8.16. The van der Waals surface area contributed by atoms with E-state index in [-0.39, 0.29) is 0 Å². The summed E-state index contributed by atoms with van der Waals surface area (Å²) < 4.78 is 0. The highest BCUT2D eigenvalue weighted by molar-refractivity contribution is 6.27. The molecule has 2 nitrogen and oxygen atoms in total. The van der Waals surface area contributed by atoms with Gasteiger partial charge >= 0.3 is 0 Å². The van der Waals surface area contributed by atoms with Crippen molar-refractivity contribution >= 4 is 32.3 Å². The van der Waals surface area contributed by atoms with E-state index in [2.05, 4.69) is 146 Å². The molecule has 2 heteroatoms. The highest BCUT2D eigenvalue weighted by atomic mass is 14.7. The second-order valence-electron chi connectivity index (χ2n) is 10.6. The molecule has 0 atom stereocenters. The van der Waals surface area contributed by atoms with Crippen LogP contribution >= 0.6 is 0 Å². The quantitative estimate of drug-likeness (QED) is 0.166. The third-order valence-corrected chi connectivity index (χ3v) is 8.16. The molecule has 0 saturated carbocycles. The van der Waals surface area contributed by atoms with Gasteiger partial charge in [-0.3, -0.25) is 9.97 Å². The fourth-order valence-electron chi connectivity index (χ4n) is 6.24. The average Bonchev–Trinajstić information content (AvgIpc) is 3.08. The molecule has 0 fully saturated rings. The van der Waals surface area contributed by atoms with E-state index in [4.69, 9.17) is 9.97 Å². The van der Waals surface area contributed by atoms with Crippen LogP contribution in [-0.2, 0) is 0 Å². The van der Waals surface area contributed by atoms with Crippen molar-refractivity contribution in [1.29, 1.82) is 0 Å². The molecule has 0 spiro atoms. The van der Waals surface area contributed by atoms with Crippen LogP contribution in [0.25, 0.3) is 77.1 Å². The zero-order chi connectivity index (χ0) is 27.9. The minimum absolute atomic E-state index is 0.963. The zero-order valence-corrected chi connectivity index (χ0v) is 22.9. The van der Waals surface area contributed by atoms with Crippen LogP contribution in [0.2, 0.25) is 0 Å². The fourth-order valence-corrected chi connectivity index (χ4v) is 6.24. The maximum absolute atomic E-state index is 4.98. The van der Waals surface area contributed by atoms with Gasteiger partial charge in [0.25, 0.3) is 0 Å². The number of nitrogens with zero attached hydrogens (tertiary/aromatic N) is 2. The molecule has 0 amide bonds. The van der Waals surface area contributed by atoms with Crippen LogP contribution in [0.1, 0.15) is 0 Å². The maximum atomic E-state index is 4.98. The first kappa shape index (κ1) is 24.2.